The maximum absolute atomic E-state index is 5.14. The molecule has 0 aliphatic carbocycles. The highest BCUT2D eigenvalue weighted by Gasteiger charge is 2.36. The summed E-state index contributed by atoms with van der Waals surface area (Å²) < 4.78 is 3.86. The van der Waals surface area contributed by atoms with Gasteiger partial charge < -0.3 is 4.57 Å². The molecule has 222 valence electrons. The minimum absolute atomic E-state index is 0.166. The van der Waals surface area contributed by atoms with E-state index in [4.69, 9.17) is 9.97 Å². The van der Waals surface area contributed by atoms with Crippen LogP contribution in [0.15, 0.2) is 140 Å². The standard InChI is InChI=1S/C43H29N3S/c1-43(2)33-19-11-18-32-38-31-17-7-9-21-37(31)47-42(38)46(40(32)33)36-23-22-28(25-34(36)43)27-14-10-15-29(24-27)41-44-35-20-8-6-16-30(35)39(45-41)26-12-4-3-5-13-26/h3-25H,1-2H3. The zero-order valence-corrected chi connectivity index (χ0v) is 26.8. The van der Waals surface area contributed by atoms with Gasteiger partial charge in [-0.1, -0.05) is 123 Å². The summed E-state index contributed by atoms with van der Waals surface area (Å²) in [6.45, 7) is 4.75. The van der Waals surface area contributed by atoms with Gasteiger partial charge in [0.2, 0.25) is 0 Å². The van der Waals surface area contributed by atoms with Gasteiger partial charge in [-0.25, -0.2) is 9.97 Å². The molecule has 0 bridgehead atoms. The third kappa shape index (κ3) is 3.79. The van der Waals surface area contributed by atoms with E-state index in [1.807, 2.05) is 23.5 Å². The van der Waals surface area contributed by atoms with Gasteiger partial charge in [-0.05, 0) is 52.6 Å². The van der Waals surface area contributed by atoms with Crippen LogP contribution in [0.5, 0.6) is 0 Å². The molecule has 9 aromatic rings. The smallest absolute Gasteiger partial charge is 0.160 e. The van der Waals surface area contributed by atoms with Crippen LogP contribution in [0.3, 0.4) is 0 Å². The topological polar surface area (TPSA) is 30.7 Å². The number of hydrogen-bond acceptors (Lipinski definition) is 3. The van der Waals surface area contributed by atoms with Crippen molar-refractivity contribution in [2.24, 2.45) is 0 Å². The lowest BCUT2D eigenvalue weighted by molar-refractivity contribution is 0.630. The molecule has 0 saturated heterocycles. The Morgan fingerprint density at radius 1 is 0.553 bits per heavy atom. The normalized spacial score (nSPS) is 13.5. The van der Waals surface area contributed by atoms with E-state index in [1.54, 1.807) is 0 Å². The van der Waals surface area contributed by atoms with Crippen LogP contribution in [0.1, 0.15) is 25.0 Å². The SMILES string of the molecule is CC1(C)c2cc(-c3cccc(-c4nc(-c5ccccc5)c5ccccc5n4)c3)ccc2-n2c3sc4ccccc4c3c3cccc1c32. The molecule has 4 heterocycles. The summed E-state index contributed by atoms with van der Waals surface area (Å²) in [5.74, 6) is 0.735. The van der Waals surface area contributed by atoms with Crippen LogP contribution in [-0.4, -0.2) is 14.5 Å². The zero-order chi connectivity index (χ0) is 31.3. The molecule has 0 N–H and O–H groups in total. The number of nitrogens with zero attached hydrogens (tertiary/aromatic N) is 3. The molecule has 47 heavy (non-hydrogen) atoms. The largest absolute Gasteiger partial charge is 0.300 e. The maximum Gasteiger partial charge on any atom is 0.160 e. The Labute approximate surface area is 276 Å². The molecule has 3 nitrogen and oxygen atoms in total. The fourth-order valence-electron chi connectivity index (χ4n) is 7.69. The van der Waals surface area contributed by atoms with Gasteiger partial charge in [-0.2, -0.15) is 0 Å². The number of benzene rings is 6. The van der Waals surface area contributed by atoms with Gasteiger partial charge in [-0.15, -0.1) is 11.3 Å². The average Bonchev–Trinajstić information content (AvgIpc) is 3.66. The third-order valence-corrected chi connectivity index (χ3v) is 11.2. The highest BCUT2D eigenvalue weighted by molar-refractivity contribution is 7.25. The second-order valence-corrected chi connectivity index (χ2v) is 14.1. The summed E-state index contributed by atoms with van der Waals surface area (Å²) in [6, 6.07) is 50.1. The fraction of sp³-hybridized carbons (Fsp3) is 0.0698. The van der Waals surface area contributed by atoms with Gasteiger partial charge in [0.15, 0.2) is 5.82 Å². The molecule has 0 atom stereocenters. The minimum Gasteiger partial charge on any atom is -0.300 e. The lowest BCUT2D eigenvalue weighted by Crippen LogP contribution is -2.26. The molecule has 6 aromatic carbocycles. The van der Waals surface area contributed by atoms with Gasteiger partial charge in [-0.3, -0.25) is 0 Å². The van der Waals surface area contributed by atoms with Crippen LogP contribution in [-0.2, 0) is 5.41 Å². The Balaban J connectivity index is 1.15. The van der Waals surface area contributed by atoms with Gasteiger partial charge in [0.05, 0.1) is 22.4 Å². The third-order valence-electron chi connectivity index (χ3n) is 10.00. The van der Waals surface area contributed by atoms with E-state index in [0.717, 1.165) is 39.1 Å². The summed E-state index contributed by atoms with van der Waals surface area (Å²) in [5, 5.41) is 5.11. The number of hydrogen-bond donors (Lipinski definition) is 0. The molecule has 0 saturated carbocycles. The van der Waals surface area contributed by atoms with Crippen LogP contribution >= 0.6 is 11.3 Å². The molecule has 0 spiro atoms. The maximum atomic E-state index is 5.14. The molecule has 4 heteroatoms. The number of rotatable bonds is 3. The van der Waals surface area contributed by atoms with E-state index in [2.05, 4.69) is 146 Å². The number of fused-ring (bicyclic) bond motifs is 8. The second kappa shape index (κ2) is 9.71. The molecule has 1 aliphatic rings. The van der Waals surface area contributed by atoms with Crippen LogP contribution in [0, 0.1) is 0 Å². The molecule has 0 unspecified atom stereocenters. The van der Waals surface area contributed by atoms with Crippen molar-refractivity contribution in [3.8, 4) is 39.5 Å². The van der Waals surface area contributed by atoms with Crippen molar-refractivity contribution in [3.63, 3.8) is 0 Å². The van der Waals surface area contributed by atoms with E-state index in [0.29, 0.717) is 0 Å². The first-order valence-electron chi connectivity index (χ1n) is 16.1. The molecule has 0 fully saturated rings. The van der Waals surface area contributed by atoms with Crippen LogP contribution in [0.2, 0.25) is 0 Å². The highest BCUT2D eigenvalue weighted by Crippen LogP contribution is 2.51. The predicted octanol–water partition coefficient (Wildman–Crippen LogP) is 11.6. The summed E-state index contributed by atoms with van der Waals surface area (Å²) in [4.78, 5) is 11.5. The van der Waals surface area contributed by atoms with E-state index < -0.39 is 0 Å². The molecule has 0 amide bonds. The van der Waals surface area contributed by atoms with Crippen LogP contribution in [0.25, 0.3) is 81.6 Å². The van der Waals surface area contributed by atoms with Gasteiger partial charge in [0, 0.05) is 42.8 Å². The summed E-state index contributed by atoms with van der Waals surface area (Å²) in [5.41, 5.74) is 11.5. The van der Waals surface area contributed by atoms with Crippen LogP contribution < -0.4 is 0 Å². The number of aromatic nitrogens is 3. The Bertz CT molecular complexity index is 2710. The first-order valence-corrected chi connectivity index (χ1v) is 16.9. The quantitative estimate of drug-likeness (QED) is 0.197. The number of para-hydroxylation sites is 2. The lowest BCUT2D eigenvalue weighted by Gasteiger charge is -2.35. The highest BCUT2D eigenvalue weighted by atomic mass is 32.1. The lowest BCUT2D eigenvalue weighted by atomic mass is 9.74. The first kappa shape index (κ1) is 26.6. The summed E-state index contributed by atoms with van der Waals surface area (Å²) in [7, 11) is 0. The zero-order valence-electron chi connectivity index (χ0n) is 26.0. The first-order chi connectivity index (χ1) is 23.1. The van der Waals surface area contributed by atoms with Crippen molar-refractivity contribution < 1.29 is 0 Å². The Hall–Kier alpha value is -5.58. The van der Waals surface area contributed by atoms with E-state index in [1.165, 1.54) is 53.6 Å². The van der Waals surface area contributed by atoms with Gasteiger partial charge >= 0.3 is 0 Å². The monoisotopic (exact) mass is 619 g/mol. The minimum atomic E-state index is -0.166. The van der Waals surface area contributed by atoms with E-state index >= 15 is 0 Å². The van der Waals surface area contributed by atoms with E-state index in [-0.39, 0.29) is 5.41 Å². The van der Waals surface area contributed by atoms with Crippen LogP contribution in [0.4, 0.5) is 0 Å². The van der Waals surface area contributed by atoms with Crippen molar-refractivity contribution in [2.75, 3.05) is 0 Å². The van der Waals surface area contributed by atoms with Gasteiger partial charge in [0.1, 0.15) is 4.83 Å². The molecule has 3 aromatic heterocycles. The Kier molecular flexibility index (Phi) is 5.50. The molecule has 10 rings (SSSR count). The van der Waals surface area contributed by atoms with E-state index in [9.17, 15) is 0 Å². The molecular formula is C43H29N3S. The van der Waals surface area contributed by atoms with Crippen molar-refractivity contribution >= 4 is 53.4 Å². The fourth-order valence-corrected chi connectivity index (χ4v) is 8.93. The molecular weight excluding hydrogens is 591 g/mol. The Morgan fingerprint density at radius 3 is 2.15 bits per heavy atom. The Morgan fingerprint density at radius 2 is 1.26 bits per heavy atom. The second-order valence-electron chi connectivity index (χ2n) is 13.0. The van der Waals surface area contributed by atoms with Crippen molar-refractivity contribution in [1.82, 2.24) is 14.5 Å². The predicted molar refractivity (Wildman–Crippen MR) is 198 cm³/mol. The summed E-state index contributed by atoms with van der Waals surface area (Å²) in [6.07, 6.45) is 0. The molecule has 1 aliphatic heterocycles. The average molecular weight is 620 g/mol. The summed E-state index contributed by atoms with van der Waals surface area (Å²) >= 11 is 1.89. The van der Waals surface area contributed by atoms with Gasteiger partial charge in [0.25, 0.3) is 0 Å². The molecule has 0 radical (unpaired) electrons. The van der Waals surface area contributed by atoms with Crippen molar-refractivity contribution in [1.29, 1.82) is 0 Å². The van der Waals surface area contributed by atoms with Crippen molar-refractivity contribution in [2.45, 2.75) is 19.3 Å². The van der Waals surface area contributed by atoms with Crippen molar-refractivity contribution in [3.05, 3.63) is 151 Å². The number of thiophene rings is 1.